The van der Waals surface area contributed by atoms with Crippen LogP contribution in [0.15, 0.2) is 41.0 Å². The highest BCUT2D eigenvalue weighted by molar-refractivity contribution is 9.10. The van der Waals surface area contributed by atoms with E-state index in [2.05, 4.69) is 22.5 Å². The van der Waals surface area contributed by atoms with Gasteiger partial charge in [0.15, 0.2) is 11.5 Å². The van der Waals surface area contributed by atoms with Crippen LogP contribution in [0.1, 0.15) is 23.5 Å². The van der Waals surface area contributed by atoms with Crippen molar-refractivity contribution in [1.82, 2.24) is 0 Å². The summed E-state index contributed by atoms with van der Waals surface area (Å²) in [6, 6.07) is 6.84. The molecule has 0 bridgehead atoms. The van der Waals surface area contributed by atoms with Gasteiger partial charge in [-0.25, -0.2) is 4.39 Å². The molecule has 2 aromatic carbocycles. The maximum absolute atomic E-state index is 14.7. The molecule has 1 heterocycles. The Balaban J connectivity index is 2.34. The molecular formula is C20H21BrFNO3. The molecule has 0 fully saturated rings. The molecule has 3 rings (SSSR count). The molecule has 1 aliphatic rings. The summed E-state index contributed by atoms with van der Waals surface area (Å²) in [5, 5.41) is 0. The average Bonchev–Trinajstić information content (AvgIpc) is 2.64. The van der Waals surface area contributed by atoms with E-state index in [0.29, 0.717) is 29.2 Å². The number of nitrogens with zero attached hydrogens (tertiary/aromatic N) is 1. The lowest BCUT2D eigenvalue weighted by molar-refractivity contribution is 0.321. The molecule has 0 aliphatic carbocycles. The molecule has 4 nitrogen and oxygen atoms in total. The highest BCUT2D eigenvalue weighted by Crippen LogP contribution is 2.54. The Morgan fingerprint density at radius 3 is 2.42 bits per heavy atom. The first-order valence-corrected chi connectivity index (χ1v) is 8.91. The molecule has 0 radical (unpaired) electrons. The lowest BCUT2D eigenvalue weighted by Crippen LogP contribution is -2.26. The van der Waals surface area contributed by atoms with Gasteiger partial charge in [-0.1, -0.05) is 22.5 Å². The zero-order valence-corrected chi connectivity index (χ0v) is 16.8. The number of hydrogen-bond donors (Lipinski definition) is 0. The van der Waals surface area contributed by atoms with E-state index in [9.17, 15) is 4.39 Å². The minimum atomic E-state index is -0.265. The number of anilines is 1. The molecule has 0 N–H and O–H groups in total. The van der Waals surface area contributed by atoms with Crippen LogP contribution in [0.25, 0.3) is 0 Å². The van der Waals surface area contributed by atoms with E-state index in [1.165, 1.54) is 6.07 Å². The first kappa shape index (κ1) is 18.6. The number of fused-ring (bicyclic) bond motifs is 1. The Hall–Kier alpha value is -2.21. The first-order valence-electron chi connectivity index (χ1n) is 8.12. The van der Waals surface area contributed by atoms with Gasteiger partial charge in [-0.3, -0.25) is 0 Å². The van der Waals surface area contributed by atoms with Crippen LogP contribution in [0.4, 0.5) is 10.1 Å². The Bertz CT molecular complexity index is 869. The van der Waals surface area contributed by atoms with Crippen molar-refractivity contribution in [2.24, 2.45) is 0 Å². The van der Waals surface area contributed by atoms with Crippen LogP contribution >= 0.6 is 15.9 Å². The molecule has 1 aliphatic heterocycles. The third-order valence-electron chi connectivity index (χ3n) is 4.80. The maximum atomic E-state index is 14.7. The number of allylic oxidation sites excluding steroid dienone is 1. The van der Waals surface area contributed by atoms with Crippen LogP contribution < -0.4 is 19.1 Å². The highest BCUT2D eigenvalue weighted by Gasteiger charge is 2.35. The smallest absolute Gasteiger partial charge is 0.203 e. The van der Waals surface area contributed by atoms with Gasteiger partial charge in [-0.2, -0.15) is 0 Å². The maximum Gasteiger partial charge on any atom is 0.203 e. The number of methoxy groups -OCH3 is 3. The lowest BCUT2D eigenvalue weighted by Gasteiger charge is -2.37. The van der Waals surface area contributed by atoms with Gasteiger partial charge >= 0.3 is 0 Å². The third-order valence-corrected chi connectivity index (χ3v) is 5.30. The first-order chi connectivity index (χ1) is 12.4. The molecule has 0 spiro atoms. The van der Waals surface area contributed by atoms with Crippen molar-refractivity contribution in [2.45, 2.75) is 12.3 Å². The molecular weight excluding hydrogens is 401 g/mol. The molecule has 0 amide bonds. The van der Waals surface area contributed by atoms with Crippen LogP contribution in [-0.2, 0) is 0 Å². The van der Waals surface area contributed by atoms with Gasteiger partial charge in [0.2, 0.25) is 5.75 Å². The molecule has 1 atom stereocenters. The summed E-state index contributed by atoms with van der Waals surface area (Å²) in [4.78, 5) is 1.98. The van der Waals surface area contributed by atoms with E-state index < -0.39 is 0 Å². The molecule has 138 valence electrons. The largest absolute Gasteiger partial charge is 0.493 e. The Kier molecular flexibility index (Phi) is 5.14. The van der Waals surface area contributed by atoms with Crippen molar-refractivity contribution in [3.63, 3.8) is 0 Å². The van der Waals surface area contributed by atoms with Crippen LogP contribution in [0, 0.1) is 5.82 Å². The van der Waals surface area contributed by atoms with Crippen LogP contribution in [0.5, 0.6) is 17.2 Å². The SMILES string of the molecule is C=C1CC(c2cc(Br)ccc2F)c2c(cc(OC)c(OC)c2OC)N1C. The Morgan fingerprint density at radius 1 is 1.12 bits per heavy atom. The van der Waals surface area contributed by atoms with Gasteiger partial charge in [0, 0.05) is 34.8 Å². The molecule has 0 saturated carbocycles. The fraction of sp³-hybridized carbons (Fsp3) is 0.300. The van der Waals surface area contributed by atoms with Crippen molar-refractivity contribution in [3.05, 3.63) is 58.0 Å². The zero-order chi connectivity index (χ0) is 19.0. The van der Waals surface area contributed by atoms with Gasteiger partial charge in [0.25, 0.3) is 0 Å². The van der Waals surface area contributed by atoms with Gasteiger partial charge in [-0.15, -0.1) is 0 Å². The second-order valence-corrected chi connectivity index (χ2v) is 7.04. The second kappa shape index (κ2) is 7.19. The van der Waals surface area contributed by atoms with Crippen molar-refractivity contribution < 1.29 is 18.6 Å². The number of ether oxygens (including phenoxy) is 3. The summed E-state index contributed by atoms with van der Waals surface area (Å²) in [6.45, 7) is 4.15. The lowest BCUT2D eigenvalue weighted by atomic mass is 9.82. The highest BCUT2D eigenvalue weighted by atomic mass is 79.9. The predicted molar refractivity (Wildman–Crippen MR) is 104 cm³/mol. The van der Waals surface area contributed by atoms with Gasteiger partial charge < -0.3 is 19.1 Å². The normalized spacial score (nSPS) is 16.3. The molecule has 0 saturated heterocycles. The summed E-state index contributed by atoms with van der Waals surface area (Å²) in [6.07, 6.45) is 0.572. The van der Waals surface area contributed by atoms with E-state index in [1.807, 2.05) is 18.0 Å². The molecule has 0 aromatic heterocycles. The molecule has 2 aromatic rings. The summed E-state index contributed by atoms with van der Waals surface area (Å²) in [5.74, 6) is 1.08. The number of rotatable bonds is 4. The van der Waals surface area contributed by atoms with Crippen LogP contribution in [0.3, 0.4) is 0 Å². The van der Waals surface area contributed by atoms with E-state index in [1.54, 1.807) is 33.5 Å². The number of benzene rings is 2. The topological polar surface area (TPSA) is 30.9 Å². The number of halogens is 2. The Morgan fingerprint density at radius 2 is 1.81 bits per heavy atom. The monoisotopic (exact) mass is 421 g/mol. The zero-order valence-electron chi connectivity index (χ0n) is 15.2. The van der Waals surface area contributed by atoms with E-state index in [4.69, 9.17) is 14.2 Å². The number of hydrogen-bond acceptors (Lipinski definition) is 4. The third kappa shape index (κ3) is 2.92. The predicted octanol–water partition coefficient (Wildman–Crippen LogP) is 5.10. The summed E-state index contributed by atoms with van der Waals surface area (Å²) >= 11 is 3.44. The summed E-state index contributed by atoms with van der Waals surface area (Å²) in [5.41, 5.74) is 3.19. The van der Waals surface area contributed by atoms with Gasteiger partial charge in [0.1, 0.15) is 5.82 Å². The molecule has 6 heteroatoms. The summed E-state index contributed by atoms with van der Waals surface area (Å²) < 4.78 is 32.2. The fourth-order valence-corrected chi connectivity index (χ4v) is 3.85. The van der Waals surface area contributed by atoms with Crippen molar-refractivity contribution in [3.8, 4) is 17.2 Å². The van der Waals surface area contributed by atoms with E-state index >= 15 is 0 Å². The molecule has 1 unspecified atom stereocenters. The quantitative estimate of drug-likeness (QED) is 0.686. The fourth-order valence-electron chi connectivity index (χ4n) is 3.47. The van der Waals surface area contributed by atoms with E-state index in [-0.39, 0.29) is 11.7 Å². The van der Waals surface area contributed by atoms with Crippen LogP contribution in [0.2, 0.25) is 0 Å². The van der Waals surface area contributed by atoms with Crippen LogP contribution in [-0.4, -0.2) is 28.4 Å². The Labute approximate surface area is 161 Å². The van der Waals surface area contributed by atoms with Crippen molar-refractivity contribution >= 4 is 21.6 Å². The average molecular weight is 422 g/mol. The summed E-state index contributed by atoms with van der Waals surface area (Å²) in [7, 11) is 6.65. The van der Waals surface area contributed by atoms with E-state index in [0.717, 1.165) is 21.4 Å². The molecule has 26 heavy (non-hydrogen) atoms. The van der Waals surface area contributed by atoms with Crippen molar-refractivity contribution in [2.75, 3.05) is 33.3 Å². The second-order valence-electron chi connectivity index (χ2n) is 6.13. The van der Waals surface area contributed by atoms with Crippen molar-refractivity contribution in [1.29, 1.82) is 0 Å². The standard InChI is InChI=1S/C20H21BrFNO3/c1-11-8-14(13-9-12(21)6-7-15(13)22)18-16(23(11)2)10-17(24-3)19(25-4)20(18)26-5/h6-7,9-10,14H,1,8H2,2-5H3. The minimum Gasteiger partial charge on any atom is -0.493 e. The van der Waals surface area contributed by atoms with Gasteiger partial charge in [0.05, 0.1) is 27.0 Å². The minimum absolute atomic E-state index is 0.249. The van der Waals surface area contributed by atoms with Gasteiger partial charge in [-0.05, 0) is 30.2 Å².